The van der Waals surface area contributed by atoms with Gasteiger partial charge in [-0.2, -0.15) is 10.1 Å². The second-order valence-electron chi connectivity index (χ2n) is 5.76. The van der Waals surface area contributed by atoms with Crippen LogP contribution in [0.4, 0.5) is 5.95 Å². The summed E-state index contributed by atoms with van der Waals surface area (Å²) in [5.74, 6) is 1.04. The van der Waals surface area contributed by atoms with Gasteiger partial charge in [-0.05, 0) is 19.1 Å². The fraction of sp³-hybridized carbons (Fsp3) is 0.211. The number of aryl methyl sites for hydroxylation is 1. The SMILES string of the molecule is CCn1c2ccccc2c2nnc(N=NCc3ccccc3OC)nc21. The van der Waals surface area contributed by atoms with Gasteiger partial charge >= 0.3 is 0 Å². The molecule has 0 N–H and O–H groups in total. The van der Waals surface area contributed by atoms with E-state index in [1.54, 1.807) is 7.11 Å². The van der Waals surface area contributed by atoms with E-state index in [0.717, 1.165) is 39.9 Å². The molecule has 0 unspecified atom stereocenters. The Kier molecular flexibility index (Phi) is 4.27. The topological polar surface area (TPSA) is 77.5 Å². The third-order valence-corrected chi connectivity index (χ3v) is 4.27. The highest BCUT2D eigenvalue weighted by molar-refractivity contribution is 6.04. The maximum atomic E-state index is 5.32. The van der Waals surface area contributed by atoms with Crippen LogP contribution in [0.25, 0.3) is 22.1 Å². The van der Waals surface area contributed by atoms with Crippen molar-refractivity contribution >= 4 is 28.0 Å². The maximum Gasteiger partial charge on any atom is 0.289 e. The average molecular weight is 346 g/mol. The average Bonchev–Trinajstić information content (AvgIpc) is 3.01. The molecule has 26 heavy (non-hydrogen) atoms. The van der Waals surface area contributed by atoms with Crippen molar-refractivity contribution in [1.29, 1.82) is 0 Å². The lowest BCUT2D eigenvalue weighted by Gasteiger charge is -2.04. The first-order valence-corrected chi connectivity index (χ1v) is 8.43. The molecule has 0 aliphatic rings. The fourth-order valence-corrected chi connectivity index (χ4v) is 3.07. The van der Waals surface area contributed by atoms with Gasteiger partial charge in [0.2, 0.25) is 0 Å². The van der Waals surface area contributed by atoms with Crippen molar-refractivity contribution in [1.82, 2.24) is 19.7 Å². The smallest absolute Gasteiger partial charge is 0.289 e. The molecule has 0 aliphatic heterocycles. The zero-order valence-electron chi connectivity index (χ0n) is 14.6. The molecule has 0 amide bonds. The number of nitrogens with zero attached hydrogens (tertiary/aromatic N) is 6. The van der Waals surface area contributed by atoms with Crippen LogP contribution in [0, 0.1) is 0 Å². The van der Waals surface area contributed by atoms with Crippen LogP contribution in [-0.2, 0) is 13.1 Å². The van der Waals surface area contributed by atoms with Crippen molar-refractivity contribution in [2.45, 2.75) is 20.0 Å². The molecular weight excluding hydrogens is 328 g/mol. The van der Waals surface area contributed by atoms with Gasteiger partial charge in [-0.15, -0.1) is 15.3 Å². The summed E-state index contributed by atoms with van der Waals surface area (Å²) in [6, 6.07) is 15.8. The van der Waals surface area contributed by atoms with E-state index >= 15 is 0 Å². The molecule has 0 saturated heterocycles. The van der Waals surface area contributed by atoms with Crippen LogP contribution in [0.1, 0.15) is 12.5 Å². The van der Waals surface area contributed by atoms with Crippen molar-refractivity contribution in [3.8, 4) is 5.75 Å². The van der Waals surface area contributed by atoms with Gasteiger partial charge in [0.25, 0.3) is 5.95 Å². The van der Waals surface area contributed by atoms with E-state index < -0.39 is 0 Å². The van der Waals surface area contributed by atoms with Crippen molar-refractivity contribution in [3.05, 3.63) is 54.1 Å². The van der Waals surface area contributed by atoms with Gasteiger partial charge in [0.1, 0.15) is 11.3 Å². The van der Waals surface area contributed by atoms with Crippen LogP contribution in [-0.4, -0.2) is 26.9 Å². The van der Waals surface area contributed by atoms with Crippen LogP contribution < -0.4 is 4.74 Å². The predicted molar refractivity (Wildman–Crippen MR) is 99.7 cm³/mol. The minimum Gasteiger partial charge on any atom is -0.496 e. The van der Waals surface area contributed by atoms with Crippen molar-refractivity contribution in [2.24, 2.45) is 10.2 Å². The van der Waals surface area contributed by atoms with Gasteiger partial charge < -0.3 is 9.30 Å². The Morgan fingerprint density at radius 1 is 1.04 bits per heavy atom. The van der Waals surface area contributed by atoms with Crippen LogP contribution in [0.5, 0.6) is 5.75 Å². The number of azo groups is 1. The summed E-state index contributed by atoms with van der Waals surface area (Å²) in [6.45, 7) is 3.26. The van der Waals surface area contributed by atoms with Crippen LogP contribution in [0.15, 0.2) is 58.8 Å². The van der Waals surface area contributed by atoms with Crippen molar-refractivity contribution in [3.63, 3.8) is 0 Å². The predicted octanol–water partition coefficient (Wildman–Crippen LogP) is 4.29. The Morgan fingerprint density at radius 2 is 1.85 bits per heavy atom. The lowest BCUT2D eigenvalue weighted by Crippen LogP contribution is -1.96. The summed E-state index contributed by atoms with van der Waals surface area (Å²) in [5, 5.41) is 17.8. The Bertz CT molecular complexity index is 1100. The molecule has 2 heterocycles. The largest absolute Gasteiger partial charge is 0.496 e. The number of rotatable bonds is 5. The molecule has 2 aromatic heterocycles. The van der Waals surface area contributed by atoms with Crippen LogP contribution in [0.3, 0.4) is 0 Å². The molecule has 0 bridgehead atoms. The molecule has 7 heteroatoms. The minimum atomic E-state index is 0.255. The van der Waals surface area contributed by atoms with E-state index in [0.29, 0.717) is 6.54 Å². The number of methoxy groups -OCH3 is 1. The van der Waals surface area contributed by atoms with Crippen molar-refractivity contribution in [2.75, 3.05) is 7.11 Å². The van der Waals surface area contributed by atoms with E-state index in [1.165, 1.54) is 0 Å². The molecule has 7 nitrogen and oxygen atoms in total. The Hall–Kier alpha value is -3.35. The molecule has 0 saturated carbocycles. The first kappa shape index (κ1) is 16.1. The summed E-state index contributed by atoms with van der Waals surface area (Å²) in [7, 11) is 1.64. The summed E-state index contributed by atoms with van der Waals surface area (Å²) in [6.07, 6.45) is 0. The molecule has 4 aromatic rings. The Morgan fingerprint density at radius 3 is 2.69 bits per heavy atom. The zero-order valence-corrected chi connectivity index (χ0v) is 14.6. The lowest BCUT2D eigenvalue weighted by molar-refractivity contribution is 0.409. The third kappa shape index (κ3) is 2.77. The van der Waals surface area contributed by atoms with Gasteiger partial charge in [0.05, 0.1) is 19.2 Å². The lowest BCUT2D eigenvalue weighted by atomic mass is 10.2. The minimum absolute atomic E-state index is 0.255. The number of fused-ring (bicyclic) bond motifs is 3. The second-order valence-corrected chi connectivity index (χ2v) is 5.76. The number of hydrogen-bond acceptors (Lipinski definition) is 6. The summed E-state index contributed by atoms with van der Waals surface area (Å²) >= 11 is 0. The molecule has 0 aliphatic carbocycles. The summed E-state index contributed by atoms with van der Waals surface area (Å²) in [4.78, 5) is 4.55. The Balaban J connectivity index is 1.68. The Labute approximate surface area is 150 Å². The van der Waals surface area contributed by atoms with Crippen LogP contribution in [0.2, 0.25) is 0 Å². The first-order valence-electron chi connectivity index (χ1n) is 8.43. The van der Waals surface area contributed by atoms with Gasteiger partial charge in [-0.1, -0.05) is 36.4 Å². The van der Waals surface area contributed by atoms with E-state index in [-0.39, 0.29) is 5.95 Å². The summed E-state index contributed by atoms with van der Waals surface area (Å²) in [5.41, 5.74) is 3.60. The molecule has 0 spiro atoms. The molecule has 0 fully saturated rings. The third-order valence-electron chi connectivity index (χ3n) is 4.27. The van der Waals surface area contributed by atoms with E-state index in [9.17, 15) is 0 Å². The monoisotopic (exact) mass is 346 g/mol. The number of ether oxygens (including phenoxy) is 1. The van der Waals surface area contributed by atoms with Crippen LogP contribution >= 0.6 is 0 Å². The highest BCUT2D eigenvalue weighted by atomic mass is 16.5. The number of para-hydroxylation sites is 2. The molecule has 130 valence electrons. The standard InChI is InChI=1S/C19H18N6O/c1-3-25-15-10-6-5-9-14(15)17-18(25)21-19(24-22-17)23-20-12-13-8-4-7-11-16(13)26-2/h4-11H,3,12H2,1-2H3. The first-order chi connectivity index (χ1) is 12.8. The number of hydrogen-bond donors (Lipinski definition) is 0. The van der Waals surface area contributed by atoms with E-state index in [1.807, 2.05) is 42.5 Å². The van der Waals surface area contributed by atoms with E-state index in [2.05, 4.69) is 43.0 Å². The zero-order chi connectivity index (χ0) is 17.9. The fourth-order valence-electron chi connectivity index (χ4n) is 3.07. The van der Waals surface area contributed by atoms with Gasteiger partial charge in [-0.25, -0.2) is 0 Å². The van der Waals surface area contributed by atoms with Gasteiger partial charge in [0, 0.05) is 17.5 Å². The molecular formula is C19H18N6O. The number of aromatic nitrogens is 4. The highest BCUT2D eigenvalue weighted by Gasteiger charge is 2.13. The molecule has 2 aromatic carbocycles. The molecule has 0 atom stereocenters. The van der Waals surface area contributed by atoms with Gasteiger partial charge in [0.15, 0.2) is 5.65 Å². The normalized spacial score (nSPS) is 11.6. The number of benzene rings is 2. The quantitative estimate of drug-likeness (QED) is 0.505. The van der Waals surface area contributed by atoms with E-state index in [4.69, 9.17) is 4.74 Å². The van der Waals surface area contributed by atoms with Gasteiger partial charge in [-0.3, -0.25) is 0 Å². The molecule has 0 radical (unpaired) electrons. The van der Waals surface area contributed by atoms with Crippen molar-refractivity contribution < 1.29 is 4.74 Å². The highest BCUT2D eigenvalue weighted by Crippen LogP contribution is 2.26. The molecule has 4 rings (SSSR count). The second kappa shape index (κ2) is 6.87. The summed E-state index contributed by atoms with van der Waals surface area (Å²) < 4.78 is 7.43. The maximum absolute atomic E-state index is 5.32.